The summed E-state index contributed by atoms with van der Waals surface area (Å²) in [6, 6.07) is 0. The van der Waals surface area contributed by atoms with Crippen LogP contribution in [0.3, 0.4) is 0 Å². The molecule has 1 unspecified atom stereocenters. The van der Waals surface area contributed by atoms with Gasteiger partial charge in [-0.2, -0.15) is 0 Å². The standard InChI is InChI=1S/C12H21N3O2/c1-9(16)8-14(5)10-11(17)15(7-6-13-10)12(2,3)4/h6-7,9,16H,8H2,1-5H3. The lowest BCUT2D eigenvalue weighted by Crippen LogP contribution is -2.39. The van der Waals surface area contributed by atoms with Gasteiger partial charge in [-0.05, 0) is 27.7 Å². The van der Waals surface area contributed by atoms with Crippen molar-refractivity contribution >= 4 is 5.82 Å². The molecule has 0 saturated carbocycles. The van der Waals surface area contributed by atoms with Gasteiger partial charge in [0.2, 0.25) is 0 Å². The molecule has 0 bridgehead atoms. The van der Waals surface area contributed by atoms with Crippen molar-refractivity contribution < 1.29 is 5.11 Å². The van der Waals surface area contributed by atoms with E-state index in [0.717, 1.165) is 0 Å². The molecule has 0 aromatic carbocycles. The van der Waals surface area contributed by atoms with Gasteiger partial charge in [0.1, 0.15) is 0 Å². The third kappa shape index (κ3) is 3.30. The second kappa shape index (κ2) is 4.87. The molecule has 1 aromatic rings. The van der Waals surface area contributed by atoms with E-state index in [1.807, 2.05) is 20.8 Å². The molecule has 0 saturated heterocycles. The topological polar surface area (TPSA) is 58.4 Å². The fourth-order valence-corrected chi connectivity index (χ4v) is 1.67. The van der Waals surface area contributed by atoms with Crippen molar-refractivity contribution in [3.05, 3.63) is 22.7 Å². The van der Waals surface area contributed by atoms with Gasteiger partial charge in [-0.3, -0.25) is 4.79 Å². The summed E-state index contributed by atoms with van der Waals surface area (Å²) >= 11 is 0. The van der Waals surface area contributed by atoms with Gasteiger partial charge in [0.15, 0.2) is 5.82 Å². The lowest BCUT2D eigenvalue weighted by Gasteiger charge is -2.25. The first-order valence-electron chi connectivity index (χ1n) is 5.71. The van der Waals surface area contributed by atoms with Gasteiger partial charge in [0, 0.05) is 31.5 Å². The minimum Gasteiger partial charge on any atom is -0.392 e. The van der Waals surface area contributed by atoms with Crippen LogP contribution in [0, 0.1) is 0 Å². The molecule has 0 aliphatic carbocycles. The van der Waals surface area contributed by atoms with Crippen LogP contribution in [0.5, 0.6) is 0 Å². The molecular formula is C12H21N3O2. The molecule has 0 radical (unpaired) electrons. The van der Waals surface area contributed by atoms with Gasteiger partial charge in [-0.25, -0.2) is 4.98 Å². The highest BCUT2D eigenvalue weighted by Gasteiger charge is 2.18. The second-order valence-electron chi connectivity index (χ2n) is 5.33. The molecule has 1 heterocycles. The molecule has 96 valence electrons. The Labute approximate surface area is 102 Å². The van der Waals surface area contributed by atoms with Crippen molar-refractivity contribution in [2.45, 2.75) is 39.3 Å². The Hall–Kier alpha value is -1.36. The molecule has 1 rings (SSSR count). The Bertz CT molecular complexity index is 432. The summed E-state index contributed by atoms with van der Waals surface area (Å²) in [5, 5.41) is 9.33. The van der Waals surface area contributed by atoms with E-state index in [1.54, 1.807) is 35.8 Å². The van der Waals surface area contributed by atoms with E-state index in [0.29, 0.717) is 12.4 Å². The fourth-order valence-electron chi connectivity index (χ4n) is 1.67. The van der Waals surface area contributed by atoms with Gasteiger partial charge in [0.25, 0.3) is 5.56 Å². The zero-order chi connectivity index (χ0) is 13.2. The van der Waals surface area contributed by atoms with Gasteiger partial charge >= 0.3 is 0 Å². The third-order valence-corrected chi connectivity index (χ3v) is 2.45. The third-order valence-electron chi connectivity index (χ3n) is 2.45. The molecule has 1 atom stereocenters. The smallest absolute Gasteiger partial charge is 0.293 e. The minimum atomic E-state index is -0.496. The number of hydrogen-bond donors (Lipinski definition) is 1. The van der Waals surface area contributed by atoms with Crippen LogP contribution in [0.15, 0.2) is 17.2 Å². The van der Waals surface area contributed by atoms with Crippen molar-refractivity contribution in [2.24, 2.45) is 0 Å². The van der Waals surface area contributed by atoms with E-state index in [4.69, 9.17) is 0 Å². The first-order valence-corrected chi connectivity index (χ1v) is 5.71. The average molecular weight is 239 g/mol. The monoisotopic (exact) mass is 239 g/mol. The molecule has 0 aliphatic rings. The molecule has 0 aliphatic heterocycles. The first-order chi connectivity index (χ1) is 7.73. The number of aliphatic hydroxyl groups is 1. The van der Waals surface area contributed by atoms with E-state index < -0.39 is 6.10 Å². The summed E-state index contributed by atoms with van der Waals surface area (Å²) < 4.78 is 1.65. The number of rotatable bonds is 3. The Kier molecular flexibility index (Phi) is 3.93. The normalized spacial score (nSPS) is 13.5. The SMILES string of the molecule is CC(O)CN(C)c1nccn(C(C)(C)C)c1=O. The zero-order valence-electron chi connectivity index (χ0n) is 11.1. The van der Waals surface area contributed by atoms with Crippen LogP contribution in [0.1, 0.15) is 27.7 Å². The van der Waals surface area contributed by atoms with Gasteiger partial charge in [-0.15, -0.1) is 0 Å². The van der Waals surface area contributed by atoms with E-state index in [9.17, 15) is 9.90 Å². The number of aromatic nitrogens is 2. The van der Waals surface area contributed by atoms with Crippen molar-refractivity contribution in [2.75, 3.05) is 18.5 Å². The van der Waals surface area contributed by atoms with E-state index in [-0.39, 0.29) is 11.1 Å². The van der Waals surface area contributed by atoms with Crippen LogP contribution >= 0.6 is 0 Å². The van der Waals surface area contributed by atoms with Crippen LogP contribution in [0.2, 0.25) is 0 Å². The van der Waals surface area contributed by atoms with Crippen LogP contribution in [0.4, 0.5) is 5.82 Å². The minimum absolute atomic E-state index is 0.136. The van der Waals surface area contributed by atoms with Crippen molar-refractivity contribution in [1.82, 2.24) is 9.55 Å². The van der Waals surface area contributed by atoms with Gasteiger partial charge in [0.05, 0.1) is 6.10 Å². The predicted molar refractivity (Wildman–Crippen MR) is 68.4 cm³/mol. The Morgan fingerprint density at radius 2 is 2.12 bits per heavy atom. The lowest BCUT2D eigenvalue weighted by atomic mass is 10.1. The zero-order valence-corrected chi connectivity index (χ0v) is 11.1. The number of nitrogens with zero attached hydrogens (tertiary/aromatic N) is 3. The fraction of sp³-hybridized carbons (Fsp3) is 0.667. The van der Waals surface area contributed by atoms with Gasteiger partial charge < -0.3 is 14.6 Å². The Morgan fingerprint density at radius 1 is 1.53 bits per heavy atom. The van der Waals surface area contributed by atoms with E-state index >= 15 is 0 Å². The molecule has 0 fully saturated rings. The summed E-state index contributed by atoms with van der Waals surface area (Å²) in [5.74, 6) is 0.364. The van der Waals surface area contributed by atoms with E-state index in [2.05, 4.69) is 4.98 Å². The quantitative estimate of drug-likeness (QED) is 0.848. The second-order valence-corrected chi connectivity index (χ2v) is 5.33. The number of hydrogen-bond acceptors (Lipinski definition) is 4. The molecule has 5 nitrogen and oxygen atoms in total. The Morgan fingerprint density at radius 3 is 2.59 bits per heavy atom. The maximum atomic E-state index is 12.2. The van der Waals surface area contributed by atoms with Crippen LogP contribution < -0.4 is 10.5 Å². The Balaban J connectivity index is 3.16. The highest BCUT2D eigenvalue weighted by atomic mass is 16.3. The lowest BCUT2D eigenvalue weighted by molar-refractivity contribution is 0.201. The molecule has 0 spiro atoms. The van der Waals surface area contributed by atoms with Crippen LogP contribution in [-0.4, -0.2) is 34.4 Å². The van der Waals surface area contributed by atoms with Crippen LogP contribution in [-0.2, 0) is 5.54 Å². The highest BCUT2D eigenvalue weighted by molar-refractivity contribution is 5.34. The summed E-state index contributed by atoms with van der Waals surface area (Å²) in [5.41, 5.74) is -0.413. The summed E-state index contributed by atoms with van der Waals surface area (Å²) in [7, 11) is 1.75. The van der Waals surface area contributed by atoms with E-state index in [1.165, 1.54) is 0 Å². The largest absolute Gasteiger partial charge is 0.392 e. The highest BCUT2D eigenvalue weighted by Crippen LogP contribution is 2.11. The van der Waals surface area contributed by atoms with Gasteiger partial charge in [-0.1, -0.05) is 0 Å². The molecule has 1 N–H and O–H groups in total. The molecule has 1 aromatic heterocycles. The van der Waals surface area contributed by atoms with Crippen LogP contribution in [0.25, 0.3) is 0 Å². The number of anilines is 1. The molecular weight excluding hydrogens is 218 g/mol. The number of aliphatic hydroxyl groups excluding tert-OH is 1. The summed E-state index contributed by atoms with van der Waals surface area (Å²) in [4.78, 5) is 18.0. The summed E-state index contributed by atoms with van der Waals surface area (Å²) in [6.07, 6.45) is 2.80. The predicted octanol–water partition coefficient (Wildman–Crippen LogP) is 0.815. The van der Waals surface area contributed by atoms with Crippen molar-refractivity contribution in [3.8, 4) is 0 Å². The van der Waals surface area contributed by atoms with Crippen molar-refractivity contribution in [1.29, 1.82) is 0 Å². The first kappa shape index (κ1) is 13.7. The summed E-state index contributed by atoms with van der Waals surface area (Å²) in [6.45, 7) is 7.96. The average Bonchev–Trinajstić information content (AvgIpc) is 2.14. The maximum Gasteiger partial charge on any atom is 0.293 e. The molecule has 17 heavy (non-hydrogen) atoms. The maximum absolute atomic E-state index is 12.2. The molecule has 5 heteroatoms. The van der Waals surface area contributed by atoms with Crippen molar-refractivity contribution in [3.63, 3.8) is 0 Å². The molecule has 0 amide bonds. The number of likely N-dealkylation sites (N-methyl/N-ethyl adjacent to an activating group) is 1.